The standard InChI is InChI=1S/C13H13BrCl2O/c1-13(2)5-8(6-14)9-3-10(15)11(16)4-12(9)17-7-13/h3-5H,6-7H2,1-2H3. The lowest BCUT2D eigenvalue weighted by Gasteiger charge is -2.18. The molecule has 0 radical (unpaired) electrons. The number of fused-ring (bicyclic) bond motifs is 1. The fraction of sp³-hybridized carbons (Fsp3) is 0.385. The van der Waals surface area contributed by atoms with Gasteiger partial charge in [-0.3, -0.25) is 0 Å². The van der Waals surface area contributed by atoms with Gasteiger partial charge in [-0.05, 0) is 11.6 Å². The van der Waals surface area contributed by atoms with Crippen LogP contribution in [0.25, 0.3) is 5.57 Å². The molecule has 1 aliphatic rings. The van der Waals surface area contributed by atoms with Crippen LogP contribution in [0.5, 0.6) is 5.75 Å². The van der Waals surface area contributed by atoms with Crippen LogP contribution in [0, 0.1) is 5.41 Å². The quantitative estimate of drug-likeness (QED) is 0.642. The van der Waals surface area contributed by atoms with Gasteiger partial charge < -0.3 is 4.74 Å². The Morgan fingerprint density at radius 1 is 1.29 bits per heavy atom. The average Bonchev–Trinajstić information content (AvgIpc) is 2.38. The van der Waals surface area contributed by atoms with Gasteiger partial charge in [-0.2, -0.15) is 0 Å². The van der Waals surface area contributed by atoms with Crippen molar-refractivity contribution in [2.75, 3.05) is 11.9 Å². The molecule has 0 saturated heterocycles. The van der Waals surface area contributed by atoms with Gasteiger partial charge in [0.15, 0.2) is 0 Å². The van der Waals surface area contributed by atoms with E-state index in [2.05, 4.69) is 35.9 Å². The lowest BCUT2D eigenvalue weighted by Crippen LogP contribution is -2.17. The van der Waals surface area contributed by atoms with Gasteiger partial charge in [-0.1, -0.05) is 59.1 Å². The van der Waals surface area contributed by atoms with Crippen LogP contribution < -0.4 is 4.74 Å². The van der Waals surface area contributed by atoms with E-state index >= 15 is 0 Å². The van der Waals surface area contributed by atoms with Crippen LogP contribution in [0.2, 0.25) is 10.0 Å². The van der Waals surface area contributed by atoms with Crippen molar-refractivity contribution in [3.05, 3.63) is 33.8 Å². The number of hydrogen-bond donors (Lipinski definition) is 0. The first-order valence-electron chi connectivity index (χ1n) is 5.33. The third-order valence-electron chi connectivity index (χ3n) is 2.68. The average molecular weight is 336 g/mol. The Morgan fingerprint density at radius 2 is 1.94 bits per heavy atom. The van der Waals surface area contributed by atoms with Crippen molar-refractivity contribution < 1.29 is 4.74 Å². The third kappa shape index (κ3) is 2.81. The molecule has 0 unspecified atom stereocenters. The monoisotopic (exact) mass is 334 g/mol. The van der Waals surface area contributed by atoms with Crippen LogP contribution >= 0.6 is 39.1 Å². The molecule has 0 saturated carbocycles. The van der Waals surface area contributed by atoms with Crippen molar-refractivity contribution in [3.63, 3.8) is 0 Å². The zero-order chi connectivity index (χ0) is 12.6. The molecule has 1 aliphatic heterocycles. The summed E-state index contributed by atoms with van der Waals surface area (Å²) in [6.07, 6.45) is 2.22. The lowest BCUT2D eigenvalue weighted by atomic mass is 9.91. The highest BCUT2D eigenvalue weighted by Gasteiger charge is 2.24. The first-order chi connectivity index (χ1) is 7.93. The van der Waals surface area contributed by atoms with E-state index in [9.17, 15) is 0 Å². The van der Waals surface area contributed by atoms with Gasteiger partial charge >= 0.3 is 0 Å². The molecule has 0 atom stereocenters. The summed E-state index contributed by atoms with van der Waals surface area (Å²) in [7, 11) is 0. The maximum absolute atomic E-state index is 6.06. The molecule has 4 heteroatoms. The summed E-state index contributed by atoms with van der Waals surface area (Å²) >= 11 is 15.6. The van der Waals surface area contributed by atoms with E-state index < -0.39 is 0 Å². The highest BCUT2D eigenvalue weighted by atomic mass is 79.9. The van der Waals surface area contributed by atoms with Crippen molar-refractivity contribution >= 4 is 44.7 Å². The Labute approximate surface area is 120 Å². The molecule has 1 aromatic rings. The van der Waals surface area contributed by atoms with Crippen molar-refractivity contribution in [2.24, 2.45) is 5.41 Å². The smallest absolute Gasteiger partial charge is 0.128 e. The van der Waals surface area contributed by atoms with Crippen LogP contribution in [-0.2, 0) is 0 Å². The van der Waals surface area contributed by atoms with Crippen molar-refractivity contribution in [1.29, 1.82) is 0 Å². The first-order valence-corrected chi connectivity index (χ1v) is 7.20. The Morgan fingerprint density at radius 3 is 2.59 bits per heavy atom. The van der Waals surface area contributed by atoms with Gasteiger partial charge in [0.1, 0.15) is 5.75 Å². The second kappa shape index (κ2) is 4.83. The fourth-order valence-electron chi connectivity index (χ4n) is 1.86. The number of rotatable bonds is 1. The molecule has 0 amide bonds. The molecule has 17 heavy (non-hydrogen) atoms. The summed E-state index contributed by atoms with van der Waals surface area (Å²) in [6.45, 7) is 4.92. The minimum absolute atomic E-state index is 0.00107. The molecule has 0 aromatic heterocycles. The minimum Gasteiger partial charge on any atom is -0.492 e. The van der Waals surface area contributed by atoms with E-state index in [0.717, 1.165) is 16.6 Å². The SMILES string of the molecule is CC1(C)C=C(CBr)c2cc(Cl)c(Cl)cc2OC1. The first kappa shape index (κ1) is 13.3. The van der Waals surface area contributed by atoms with Gasteiger partial charge in [-0.25, -0.2) is 0 Å². The third-order valence-corrected chi connectivity index (χ3v) is 4.00. The Bertz CT molecular complexity index is 481. The minimum atomic E-state index is 0.00107. The predicted octanol–water partition coefficient (Wildman–Crippen LogP) is 5.19. The van der Waals surface area contributed by atoms with Crippen molar-refractivity contribution in [3.8, 4) is 5.75 Å². The van der Waals surface area contributed by atoms with Crippen LogP contribution in [0.15, 0.2) is 18.2 Å². The summed E-state index contributed by atoms with van der Waals surface area (Å²) in [5.74, 6) is 0.802. The molecule has 1 heterocycles. The number of ether oxygens (including phenoxy) is 1. The largest absolute Gasteiger partial charge is 0.492 e. The maximum atomic E-state index is 6.06. The summed E-state index contributed by atoms with van der Waals surface area (Å²) in [5.41, 5.74) is 2.20. The number of halogens is 3. The van der Waals surface area contributed by atoms with E-state index in [1.165, 1.54) is 5.57 Å². The predicted molar refractivity (Wildman–Crippen MR) is 77.5 cm³/mol. The highest BCUT2D eigenvalue weighted by Crippen LogP contribution is 2.39. The van der Waals surface area contributed by atoms with E-state index in [1.54, 1.807) is 6.07 Å². The maximum Gasteiger partial charge on any atom is 0.128 e. The van der Waals surface area contributed by atoms with Gasteiger partial charge in [-0.15, -0.1) is 0 Å². The molecule has 1 aromatic carbocycles. The van der Waals surface area contributed by atoms with Crippen LogP contribution in [0.3, 0.4) is 0 Å². The normalized spacial score (nSPS) is 17.8. The zero-order valence-corrected chi connectivity index (χ0v) is 12.8. The molecular formula is C13H13BrCl2O. The van der Waals surface area contributed by atoms with Gasteiger partial charge in [0.25, 0.3) is 0 Å². The summed E-state index contributed by atoms with van der Waals surface area (Å²) < 4.78 is 5.82. The summed E-state index contributed by atoms with van der Waals surface area (Å²) in [4.78, 5) is 0. The molecule has 92 valence electrons. The summed E-state index contributed by atoms with van der Waals surface area (Å²) in [6, 6.07) is 3.66. The van der Waals surface area contributed by atoms with Gasteiger partial charge in [0, 0.05) is 22.4 Å². The topological polar surface area (TPSA) is 9.23 Å². The second-order valence-corrected chi connectivity index (χ2v) is 6.22. The van der Waals surface area contributed by atoms with E-state index in [-0.39, 0.29) is 5.41 Å². The Balaban J connectivity index is 2.59. The van der Waals surface area contributed by atoms with Crippen molar-refractivity contribution in [1.82, 2.24) is 0 Å². The number of benzene rings is 1. The van der Waals surface area contributed by atoms with Crippen molar-refractivity contribution in [2.45, 2.75) is 13.8 Å². The number of allylic oxidation sites excluding steroid dienone is 1. The molecule has 1 nitrogen and oxygen atoms in total. The molecule has 0 spiro atoms. The lowest BCUT2D eigenvalue weighted by molar-refractivity contribution is 0.225. The van der Waals surface area contributed by atoms with Crippen LogP contribution in [-0.4, -0.2) is 11.9 Å². The molecule has 0 N–H and O–H groups in total. The highest BCUT2D eigenvalue weighted by molar-refractivity contribution is 9.09. The number of hydrogen-bond acceptors (Lipinski definition) is 1. The van der Waals surface area contributed by atoms with E-state index in [1.807, 2.05) is 6.07 Å². The molecule has 0 aliphatic carbocycles. The van der Waals surface area contributed by atoms with E-state index in [4.69, 9.17) is 27.9 Å². The molecule has 0 bridgehead atoms. The van der Waals surface area contributed by atoms with Gasteiger partial charge in [0.2, 0.25) is 0 Å². The van der Waals surface area contributed by atoms with Gasteiger partial charge in [0.05, 0.1) is 16.7 Å². The Hall–Kier alpha value is -0.180. The van der Waals surface area contributed by atoms with E-state index in [0.29, 0.717) is 16.7 Å². The molecule has 0 fully saturated rings. The molecule has 2 rings (SSSR count). The van der Waals surface area contributed by atoms with Crippen LogP contribution in [0.4, 0.5) is 0 Å². The fourth-order valence-corrected chi connectivity index (χ4v) is 2.65. The number of alkyl halides is 1. The van der Waals surface area contributed by atoms with Crippen LogP contribution in [0.1, 0.15) is 19.4 Å². The second-order valence-electron chi connectivity index (χ2n) is 4.84. The summed E-state index contributed by atoms with van der Waals surface area (Å²) in [5, 5.41) is 1.85. The zero-order valence-electron chi connectivity index (χ0n) is 9.69. The Kier molecular flexibility index (Phi) is 3.77. The molecular weight excluding hydrogens is 323 g/mol.